The topological polar surface area (TPSA) is 71.3 Å². The van der Waals surface area contributed by atoms with E-state index in [1.165, 1.54) is 25.3 Å². The van der Waals surface area contributed by atoms with E-state index in [1.807, 2.05) is 13.0 Å². The molecule has 8 heteroatoms. The van der Waals surface area contributed by atoms with Gasteiger partial charge in [0, 0.05) is 10.7 Å². The Labute approximate surface area is 201 Å². The van der Waals surface area contributed by atoms with E-state index in [2.05, 4.69) is 5.32 Å². The maximum Gasteiger partial charge on any atom is 0.266 e. The van der Waals surface area contributed by atoms with Gasteiger partial charge < -0.3 is 14.8 Å². The molecule has 0 aliphatic heterocycles. The van der Waals surface area contributed by atoms with Gasteiger partial charge in [0.15, 0.2) is 11.5 Å². The highest BCUT2D eigenvalue weighted by molar-refractivity contribution is 6.32. The third-order valence-corrected chi connectivity index (χ3v) is 5.19. The molecule has 0 saturated carbocycles. The number of rotatable bonds is 7. The molecule has 0 saturated heterocycles. The number of hydrogen-bond acceptors (Lipinski definition) is 4. The zero-order valence-corrected chi connectivity index (χ0v) is 19.3. The van der Waals surface area contributed by atoms with E-state index in [-0.39, 0.29) is 28.8 Å². The Hall–Kier alpha value is -3.53. The van der Waals surface area contributed by atoms with Crippen molar-refractivity contribution in [1.29, 1.82) is 5.26 Å². The molecule has 33 heavy (non-hydrogen) atoms. The SMILES string of the molecule is COc1cc(/C=C(\C#N)C(=O)Nc2cc(Cl)ccc2C)cc(Cl)c1OCc1ccc(F)cc1. The second-order valence-corrected chi connectivity index (χ2v) is 7.88. The molecule has 0 unspecified atom stereocenters. The van der Waals surface area contributed by atoms with Crippen molar-refractivity contribution in [3.8, 4) is 17.6 Å². The summed E-state index contributed by atoms with van der Waals surface area (Å²) in [6, 6.07) is 16.0. The standard InChI is InChI=1S/C25H19Cl2FN2O3/c1-15-3-6-19(26)12-22(15)30-25(31)18(13-29)9-17-10-21(27)24(23(11-17)32-2)33-14-16-4-7-20(28)8-5-16/h3-12H,14H2,1-2H3,(H,30,31)/b18-9+. The molecule has 0 spiro atoms. The zero-order chi connectivity index (χ0) is 24.0. The first-order valence-corrected chi connectivity index (χ1v) is 10.5. The minimum absolute atomic E-state index is 0.132. The average Bonchev–Trinajstić information content (AvgIpc) is 2.79. The van der Waals surface area contributed by atoms with E-state index in [0.717, 1.165) is 11.1 Å². The van der Waals surface area contributed by atoms with Crippen LogP contribution in [0.4, 0.5) is 10.1 Å². The third-order valence-electron chi connectivity index (χ3n) is 4.67. The molecular formula is C25H19Cl2FN2O3. The Morgan fingerprint density at radius 2 is 1.88 bits per heavy atom. The fourth-order valence-corrected chi connectivity index (χ4v) is 3.38. The van der Waals surface area contributed by atoms with E-state index in [9.17, 15) is 14.4 Å². The predicted molar refractivity (Wildman–Crippen MR) is 127 cm³/mol. The molecule has 5 nitrogen and oxygen atoms in total. The van der Waals surface area contributed by atoms with Crippen molar-refractivity contribution in [1.82, 2.24) is 0 Å². The van der Waals surface area contributed by atoms with Crippen LogP contribution in [0.25, 0.3) is 6.08 Å². The van der Waals surface area contributed by atoms with Gasteiger partial charge in [0.1, 0.15) is 24.1 Å². The quantitative estimate of drug-likeness (QED) is 0.303. The lowest BCUT2D eigenvalue weighted by molar-refractivity contribution is -0.112. The number of carbonyl (C=O) groups excluding carboxylic acids is 1. The number of nitrogens with zero attached hydrogens (tertiary/aromatic N) is 1. The number of carbonyl (C=O) groups is 1. The van der Waals surface area contributed by atoms with Crippen molar-refractivity contribution in [2.45, 2.75) is 13.5 Å². The fourth-order valence-electron chi connectivity index (χ4n) is 2.93. The Morgan fingerprint density at radius 1 is 1.15 bits per heavy atom. The lowest BCUT2D eigenvalue weighted by Gasteiger charge is -2.14. The fraction of sp³-hybridized carbons (Fsp3) is 0.120. The molecule has 0 radical (unpaired) electrons. The average molecular weight is 485 g/mol. The number of nitriles is 1. The van der Waals surface area contributed by atoms with Crippen molar-refractivity contribution >= 4 is 40.9 Å². The molecule has 3 aromatic rings. The van der Waals surface area contributed by atoms with E-state index in [4.69, 9.17) is 32.7 Å². The summed E-state index contributed by atoms with van der Waals surface area (Å²) in [5.41, 5.74) is 2.40. The molecule has 0 bridgehead atoms. The summed E-state index contributed by atoms with van der Waals surface area (Å²) in [5.74, 6) is -0.319. The van der Waals surface area contributed by atoms with Crippen LogP contribution in [0.3, 0.4) is 0 Å². The first kappa shape index (κ1) is 24.1. The molecule has 0 aromatic heterocycles. The number of halogens is 3. The summed E-state index contributed by atoms with van der Waals surface area (Å²) in [7, 11) is 1.45. The minimum atomic E-state index is -0.588. The molecule has 1 amide bonds. The predicted octanol–water partition coefficient (Wildman–Crippen LogP) is 6.57. The molecule has 3 rings (SSSR count). The maximum atomic E-state index is 13.1. The van der Waals surface area contributed by atoms with Gasteiger partial charge in [0.05, 0.1) is 12.1 Å². The second-order valence-electron chi connectivity index (χ2n) is 7.03. The molecule has 168 valence electrons. The Kier molecular flexibility index (Phi) is 7.94. The van der Waals surface area contributed by atoms with Crippen LogP contribution in [0.2, 0.25) is 10.0 Å². The van der Waals surface area contributed by atoms with Gasteiger partial charge >= 0.3 is 0 Å². The van der Waals surface area contributed by atoms with Gasteiger partial charge in [-0.05, 0) is 66.1 Å². The van der Waals surface area contributed by atoms with Gasteiger partial charge in [-0.15, -0.1) is 0 Å². The van der Waals surface area contributed by atoms with Crippen LogP contribution >= 0.6 is 23.2 Å². The minimum Gasteiger partial charge on any atom is -0.493 e. The summed E-state index contributed by atoms with van der Waals surface area (Å²) >= 11 is 12.4. The van der Waals surface area contributed by atoms with Gasteiger partial charge in [0.2, 0.25) is 0 Å². The summed E-state index contributed by atoms with van der Waals surface area (Å²) in [4.78, 5) is 12.6. The monoisotopic (exact) mass is 484 g/mol. The van der Waals surface area contributed by atoms with Gasteiger partial charge in [-0.25, -0.2) is 4.39 Å². The molecular weight excluding hydrogens is 466 g/mol. The summed E-state index contributed by atoms with van der Waals surface area (Å²) in [6.07, 6.45) is 1.40. The van der Waals surface area contributed by atoms with Crippen LogP contribution in [-0.2, 0) is 11.4 Å². The summed E-state index contributed by atoms with van der Waals surface area (Å²) in [6.45, 7) is 1.97. The summed E-state index contributed by atoms with van der Waals surface area (Å²) < 4.78 is 24.2. The molecule has 3 aromatic carbocycles. The van der Waals surface area contributed by atoms with Crippen molar-refractivity contribution in [3.63, 3.8) is 0 Å². The molecule has 0 aliphatic carbocycles. The highest BCUT2D eigenvalue weighted by Gasteiger charge is 2.15. The number of anilines is 1. The van der Waals surface area contributed by atoms with Gasteiger partial charge in [-0.3, -0.25) is 4.79 Å². The molecule has 0 heterocycles. The number of methoxy groups -OCH3 is 1. The van der Waals surface area contributed by atoms with E-state index >= 15 is 0 Å². The molecule has 1 N–H and O–H groups in total. The van der Waals surface area contributed by atoms with Crippen molar-refractivity contribution in [3.05, 3.63) is 92.7 Å². The van der Waals surface area contributed by atoms with Crippen molar-refractivity contribution in [2.75, 3.05) is 12.4 Å². The van der Waals surface area contributed by atoms with E-state index in [0.29, 0.717) is 22.0 Å². The van der Waals surface area contributed by atoms with Crippen LogP contribution in [-0.4, -0.2) is 13.0 Å². The van der Waals surface area contributed by atoms with Crippen LogP contribution < -0.4 is 14.8 Å². The van der Waals surface area contributed by atoms with Gasteiger partial charge in [-0.2, -0.15) is 5.26 Å². The van der Waals surface area contributed by atoms with Crippen LogP contribution in [0, 0.1) is 24.1 Å². The number of nitrogens with one attached hydrogen (secondary N) is 1. The normalized spacial score (nSPS) is 11.0. The van der Waals surface area contributed by atoms with Crippen molar-refractivity contribution in [2.24, 2.45) is 0 Å². The molecule has 0 aliphatic rings. The first-order valence-electron chi connectivity index (χ1n) is 9.74. The van der Waals surface area contributed by atoms with Crippen LogP contribution in [0.15, 0.2) is 60.2 Å². The second kappa shape index (κ2) is 10.9. The Balaban J connectivity index is 1.83. The Morgan fingerprint density at radius 3 is 2.55 bits per heavy atom. The highest BCUT2D eigenvalue weighted by Crippen LogP contribution is 2.37. The largest absolute Gasteiger partial charge is 0.493 e. The summed E-state index contributed by atoms with van der Waals surface area (Å²) in [5, 5.41) is 12.9. The zero-order valence-electron chi connectivity index (χ0n) is 17.8. The maximum absolute atomic E-state index is 13.1. The lowest BCUT2D eigenvalue weighted by atomic mass is 10.1. The van der Waals surface area contributed by atoms with Crippen LogP contribution in [0.1, 0.15) is 16.7 Å². The number of aryl methyl sites for hydroxylation is 1. The highest BCUT2D eigenvalue weighted by atomic mass is 35.5. The molecule has 0 atom stereocenters. The lowest BCUT2D eigenvalue weighted by Crippen LogP contribution is -2.14. The van der Waals surface area contributed by atoms with E-state index in [1.54, 1.807) is 42.5 Å². The number of ether oxygens (including phenoxy) is 2. The number of benzene rings is 3. The first-order chi connectivity index (χ1) is 15.8. The number of amides is 1. The third kappa shape index (κ3) is 6.26. The van der Waals surface area contributed by atoms with Crippen LogP contribution in [0.5, 0.6) is 11.5 Å². The van der Waals surface area contributed by atoms with Gasteiger partial charge in [-0.1, -0.05) is 41.4 Å². The van der Waals surface area contributed by atoms with Gasteiger partial charge in [0.25, 0.3) is 5.91 Å². The molecule has 0 fully saturated rings. The van der Waals surface area contributed by atoms with Crippen molar-refractivity contribution < 1.29 is 18.7 Å². The smallest absolute Gasteiger partial charge is 0.266 e. The Bertz CT molecular complexity index is 1250. The number of hydrogen-bond donors (Lipinski definition) is 1. The van der Waals surface area contributed by atoms with E-state index < -0.39 is 5.91 Å².